The standard InChI is InChI=1S/C18H27FN2/c1-3-18(4-2)13-21(17(11-20-18)15-7-8-15)12-14-5-9-16(19)10-6-14/h5-6,9-10,15,17,20H,3-4,7-8,11-13H2,1-2H3. The quantitative estimate of drug-likeness (QED) is 0.892. The van der Waals surface area contributed by atoms with E-state index < -0.39 is 0 Å². The van der Waals surface area contributed by atoms with Gasteiger partial charge in [0.15, 0.2) is 0 Å². The van der Waals surface area contributed by atoms with Crippen LogP contribution in [0, 0.1) is 11.7 Å². The van der Waals surface area contributed by atoms with Gasteiger partial charge in [-0.3, -0.25) is 4.90 Å². The van der Waals surface area contributed by atoms with Gasteiger partial charge in [-0.25, -0.2) is 4.39 Å². The van der Waals surface area contributed by atoms with Crippen LogP contribution >= 0.6 is 0 Å². The molecule has 2 nitrogen and oxygen atoms in total. The number of halogens is 1. The van der Waals surface area contributed by atoms with Crippen molar-refractivity contribution in [2.24, 2.45) is 5.92 Å². The van der Waals surface area contributed by atoms with Crippen molar-refractivity contribution in [2.45, 2.75) is 57.7 Å². The molecule has 3 heteroatoms. The van der Waals surface area contributed by atoms with E-state index in [1.165, 1.54) is 31.2 Å². The third-order valence-corrected chi connectivity index (χ3v) is 5.48. The summed E-state index contributed by atoms with van der Waals surface area (Å²) in [5, 5.41) is 3.83. The van der Waals surface area contributed by atoms with E-state index in [1.54, 1.807) is 12.1 Å². The summed E-state index contributed by atoms with van der Waals surface area (Å²) in [6, 6.07) is 7.68. The van der Waals surface area contributed by atoms with Crippen LogP contribution < -0.4 is 5.32 Å². The number of piperazine rings is 1. The van der Waals surface area contributed by atoms with Crippen molar-refractivity contribution in [2.75, 3.05) is 13.1 Å². The Morgan fingerprint density at radius 1 is 1.19 bits per heavy atom. The first kappa shape index (κ1) is 15.0. The minimum atomic E-state index is -0.144. The van der Waals surface area contributed by atoms with Crippen molar-refractivity contribution in [1.29, 1.82) is 0 Å². The first-order valence-corrected chi connectivity index (χ1v) is 8.39. The number of hydrogen-bond acceptors (Lipinski definition) is 2. The van der Waals surface area contributed by atoms with Gasteiger partial charge in [-0.05, 0) is 49.3 Å². The smallest absolute Gasteiger partial charge is 0.123 e. The number of hydrogen-bond donors (Lipinski definition) is 1. The van der Waals surface area contributed by atoms with E-state index in [1.807, 2.05) is 12.1 Å². The van der Waals surface area contributed by atoms with Crippen molar-refractivity contribution in [3.8, 4) is 0 Å². The molecule has 2 aliphatic rings. The van der Waals surface area contributed by atoms with Gasteiger partial charge in [-0.2, -0.15) is 0 Å². The lowest BCUT2D eigenvalue weighted by Gasteiger charge is -2.48. The van der Waals surface area contributed by atoms with E-state index in [2.05, 4.69) is 24.1 Å². The Kier molecular flexibility index (Phi) is 4.32. The van der Waals surface area contributed by atoms with Crippen LogP contribution in [0.25, 0.3) is 0 Å². The van der Waals surface area contributed by atoms with Crippen LogP contribution in [0.5, 0.6) is 0 Å². The second-order valence-electron chi connectivity index (χ2n) is 6.80. The third-order valence-electron chi connectivity index (χ3n) is 5.48. The van der Waals surface area contributed by atoms with Crippen LogP contribution in [0.4, 0.5) is 4.39 Å². The molecule has 2 fully saturated rings. The number of rotatable bonds is 5. The first-order valence-electron chi connectivity index (χ1n) is 8.39. The molecule has 1 saturated heterocycles. The highest BCUT2D eigenvalue weighted by Crippen LogP contribution is 2.38. The van der Waals surface area contributed by atoms with Gasteiger partial charge in [-0.15, -0.1) is 0 Å². The van der Waals surface area contributed by atoms with Gasteiger partial charge >= 0.3 is 0 Å². The molecule has 116 valence electrons. The maximum absolute atomic E-state index is 13.1. The fourth-order valence-electron chi connectivity index (χ4n) is 3.68. The monoisotopic (exact) mass is 290 g/mol. The number of benzene rings is 1. The average molecular weight is 290 g/mol. The molecule has 1 aliphatic carbocycles. The van der Waals surface area contributed by atoms with Gasteiger partial charge in [0.25, 0.3) is 0 Å². The van der Waals surface area contributed by atoms with E-state index in [-0.39, 0.29) is 11.4 Å². The van der Waals surface area contributed by atoms with Crippen LogP contribution in [0.15, 0.2) is 24.3 Å². The molecule has 0 amide bonds. The van der Waals surface area contributed by atoms with Gasteiger partial charge in [0.05, 0.1) is 0 Å². The maximum Gasteiger partial charge on any atom is 0.123 e. The Balaban J connectivity index is 1.75. The second kappa shape index (κ2) is 6.05. The van der Waals surface area contributed by atoms with Crippen molar-refractivity contribution in [1.82, 2.24) is 10.2 Å². The summed E-state index contributed by atoms with van der Waals surface area (Å²) in [5.41, 5.74) is 1.48. The molecule has 1 aliphatic heterocycles. The Labute approximate surface area is 127 Å². The minimum Gasteiger partial charge on any atom is -0.308 e. The molecule has 1 N–H and O–H groups in total. The molecule has 1 unspecified atom stereocenters. The summed E-state index contributed by atoms with van der Waals surface area (Å²) in [6.07, 6.45) is 5.08. The van der Waals surface area contributed by atoms with Gasteiger partial charge in [-0.1, -0.05) is 26.0 Å². The summed E-state index contributed by atoms with van der Waals surface area (Å²) >= 11 is 0. The van der Waals surface area contributed by atoms with Crippen LogP contribution in [-0.2, 0) is 6.54 Å². The summed E-state index contributed by atoms with van der Waals surface area (Å²) in [5.74, 6) is 0.721. The van der Waals surface area contributed by atoms with E-state index in [0.717, 1.165) is 25.6 Å². The Hall–Kier alpha value is -0.930. The molecule has 0 radical (unpaired) electrons. The van der Waals surface area contributed by atoms with Crippen molar-refractivity contribution in [3.63, 3.8) is 0 Å². The van der Waals surface area contributed by atoms with Crippen LogP contribution in [0.1, 0.15) is 45.1 Å². The Morgan fingerprint density at radius 2 is 1.86 bits per heavy atom. The summed E-state index contributed by atoms with van der Waals surface area (Å²) < 4.78 is 13.1. The highest BCUT2D eigenvalue weighted by molar-refractivity contribution is 5.17. The molecule has 21 heavy (non-hydrogen) atoms. The molecule has 0 bridgehead atoms. The average Bonchev–Trinajstić information content (AvgIpc) is 3.34. The van der Waals surface area contributed by atoms with Crippen molar-refractivity contribution >= 4 is 0 Å². The van der Waals surface area contributed by atoms with Gasteiger partial charge in [0.2, 0.25) is 0 Å². The SMILES string of the molecule is CCC1(CC)CN(Cc2ccc(F)cc2)C(C2CC2)CN1. The van der Waals surface area contributed by atoms with Crippen molar-refractivity contribution < 1.29 is 4.39 Å². The molecule has 1 atom stereocenters. The molecule has 3 rings (SSSR count). The largest absolute Gasteiger partial charge is 0.308 e. The van der Waals surface area contributed by atoms with Crippen LogP contribution in [0.3, 0.4) is 0 Å². The van der Waals surface area contributed by atoms with E-state index in [4.69, 9.17) is 0 Å². The fraction of sp³-hybridized carbons (Fsp3) is 0.667. The lowest BCUT2D eigenvalue weighted by molar-refractivity contribution is 0.0557. The molecule has 1 aromatic rings. The minimum absolute atomic E-state index is 0.144. The normalized spacial score (nSPS) is 26.0. The van der Waals surface area contributed by atoms with E-state index in [9.17, 15) is 4.39 Å². The van der Waals surface area contributed by atoms with E-state index >= 15 is 0 Å². The highest BCUT2D eigenvalue weighted by Gasteiger charge is 2.42. The molecule has 1 heterocycles. The molecular formula is C18H27FN2. The Morgan fingerprint density at radius 3 is 2.43 bits per heavy atom. The number of nitrogens with zero attached hydrogens (tertiary/aromatic N) is 1. The van der Waals surface area contributed by atoms with Crippen LogP contribution in [-0.4, -0.2) is 29.6 Å². The third kappa shape index (κ3) is 3.29. The summed E-state index contributed by atoms with van der Waals surface area (Å²) in [6.45, 7) is 7.73. The molecule has 0 aromatic heterocycles. The van der Waals surface area contributed by atoms with Gasteiger partial charge in [0.1, 0.15) is 5.82 Å². The van der Waals surface area contributed by atoms with Crippen molar-refractivity contribution in [3.05, 3.63) is 35.6 Å². The maximum atomic E-state index is 13.1. The summed E-state index contributed by atoms with van der Waals surface area (Å²) in [4.78, 5) is 2.65. The highest BCUT2D eigenvalue weighted by atomic mass is 19.1. The van der Waals surface area contributed by atoms with Gasteiger partial charge < -0.3 is 5.32 Å². The lowest BCUT2D eigenvalue weighted by Crippen LogP contribution is -2.64. The lowest BCUT2D eigenvalue weighted by atomic mass is 9.87. The zero-order chi connectivity index (χ0) is 14.9. The van der Waals surface area contributed by atoms with Gasteiger partial charge in [0, 0.05) is 31.2 Å². The molecule has 1 aromatic carbocycles. The van der Waals surface area contributed by atoms with Crippen LogP contribution in [0.2, 0.25) is 0 Å². The Bertz CT molecular complexity index is 463. The predicted molar refractivity (Wildman–Crippen MR) is 84.6 cm³/mol. The van der Waals surface area contributed by atoms with E-state index in [0.29, 0.717) is 6.04 Å². The fourth-order valence-corrected chi connectivity index (χ4v) is 3.68. The zero-order valence-corrected chi connectivity index (χ0v) is 13.2. The number of nitrogens with one attached hydrogen (secondary N) is 1. The predicted octanol–water partition coefficient (Wildman–Crippen LogP) is 3.57. The first-order chi connectivity index (χ1) is 10.2. The zero-order valence-electron chi connectivity index (χ0n) is 13.2. The summed E-state index contributed by atoms with van der Waals surface area (Å²) in [7, 11) is 0. The molecular weight excluding hydrogens is 263 g/mol. The molecule has 0 spiro atoms. The molecule has 1 saturated carbocycles. The topological polar surface area (TPSA) is 15.3 Å². The second-order valence-corrected chi connectivity index (χ2v) is 6.80.